The van der Waals surface area contributed by atoms with E-state index in [9.17, 15) is 22.8 Å². The van der Waals surface area contributed by atoms with Crippen LogP contribution < -0.4 is 20.9 Å². The molecule has 2 aromatic carbocycles. The highest BCUT2D eigenvalue weighted by Crippen LogP contribution is 2.30. The number of halogens is 3. The molecule has 3 aromatic rings. The molecule has 3 N–H and O–H groups in total. The number of urea groups is 1. The Morgan fingerprint density at radius 3 is 2.48 bits per heavy atom. The number of hydrogen-bond acceptors (Lipinski definition) is 6. The molecule has 0 unspecified atom stereocenters. The minimum absolute atomic E-state index is 0.00380. The normalized spacial score (nSPS) is 11.0. The van der Waals surface area contributed by atoms with Gasteiger partial charge in [-0.25, -0.2) is 14.8 Å². The van der Waals surface area contributed by atoms with Crippen LogP contribution in [0.4, 0.5) is 41.2 Å². The largest absolute Gasteiger partial charge is 0.416 e. The van der Waals surface area contributed by atoms with Gasteiger partial charge < -0.3 is 16.0 Å². The Bertz CT molecular complexity index is 1180. The van der Waals surface area contributed by atoms with Gasteiger partial charge in [-0.1, -0.05) is 12.1 Å². The number of nitrogens with one attached hydrogen (secondary N) is 3. The second-order valence-corrected chi connectivity index (χ2v) is 6.91. The molecule has 0 atom stereocenters. The first-order chi connectivity index (χ1) is 15.6. The van der Waals surface area contributed by atoms with Crippen LogP contribution in [0.1, 0.15) is 21.5 Å². The number of carbonyl (C=O) groups excluding carboxylic acids is 2. The number of aryl methyl sites for hydroxylation is 1. The molecule has 0 aliphatic rings. The van der Waals surface area contributed by atoms with Crippen molar-refractivity contribution < 1.29 is 22.8 Å². The van der Waals surface area contributed by atoms with Crippen molar-refractivity contribution in [2.24, 2.45) is 0 Å². The molecule has 1 aromatic heterocycles. The minimum atomic E-state index is -4.53. The zero-order valence-corrected chi connectivity index (χ0v) is 17.9. The Kier molecular flexibility index (Phi) is 6.75. The van der Waals surface area contributed by atoms with Gasteiger partial charge in [0.05, 0.1) is 5.56 Å². The zero-order valence-electron chi connectivity index (χ0n) is 17.9. The molecule has 0 spiro atoms. The average molecular weight is 459 g/mol. The van der Waals surface area contributed by atoms with E-state index in [0.29, 0.717) is 11.3 Å². The van der Waals surface area contributed by atoms with Crippen molar-refractivity contribution in [2.75, 3.05) is 34.9 Å². The maximum Gasteiger partial charge on any atom is 0.416 e. The Morgan fingerprint density at radius 1 is 1.03 bits per heavy atom. The van der Waals surface area contributed by atoms with Crippen LogP contribution in [0, 0.1) is 6.92 Å². The summed E-state index contributed by atoms with van der Waals surface area (Å²) in [5.74, 6) is -0.249. The van der Waals surface area contributed by atoms with E-state index in [1.54, 1.807) is 20.0 Å². The molecule has 0 bridgehead atoms. The monoisotopic (exact) mass is 459 g/mol. The Labute approximate surface area is 187 Å². The highest BCUT2D eigenvalue weighted by atomic mass is 19.4. The molecule has 12 heteroatoms. The van der Waals surface area contributed by atoms with Gasteiger partial charge in [-0.05, 0) is 42.8 Å². The van der Waals surface area contributed by atoms with Crippen LogP contribution in [0.15, 0.2) is 48.8 Å². The van der Waals surface area contributed by atoms with Crippen LogP contribution in [-0.2, 0) is 6.18 Å². The summed E-state index contributed by atoms with van der Waals surface area (Å²) < 4.78 is 38.7. The van der Waals surface area contributed by atoms with E-state index in [1.807, 2.05) is 0 Å². The number of hydrogen-bond donors (Lipinski definition) is 3. The summed E-state index contributed by atoms with van der Waals surface area (Å²) in [6.45, 7) is 1.73. The lowest BCUT2D eigenvalue weighted by molar-refractivity contribution is -0.137. The summed E-state index contributed by atoms with van der Waals surface area (Å²) in [7, 11) is 3.09. The molecule has 3 rings (SSSR count). The number of benzene rings is 2. The average Bonchev–Trinajstić information content (AvgIpc) is 2.79. The van der Waals surface area contributed by atoms with Gasteiger partial charge in [0.2, 0.25) is 11.9 Å². The molecular formula is C21H20F3N7O2. The molecule has 1 heterocycles. The molecular weight excluding hydrogens is 439 g/mol. The van der Waals surface area contributed by atoms with Gasteiger partial charge in [0.25, 0.3) is 5.91 Å². The van der Waals surface area contributed by atoms with E-state index >= 15 is 0 Å². The maximum absolute atomic E-state index is 12.9. The third-order valence-corrected chi connectivity index (χ3v) is 4.58. The van der Waals surface area contributed by atoms with Crippen LogP contribution in [0.5, 0.6) is 0 Å². The second-order valence-electron chi connectivity index (χ2n) is 6.91. The summed E-state index contributed by atoms with van der Waals surface area (Å²) >= 11 is 0. The van der Waals surface area contributed by atoms with Gasteiger partial charge in [-0.2, -0.15) is 18.2 Å². The molecule has 0 saturated heterocycles. The molecule has 0 radical (unpaired) electrons. The number of amides is 3. The van der Waals surface area contributed by atoms with E-state index in [4.69, 9.17) is 0 Å². The fourth-order valence-electron chi connectivity index (χ4n) is 2.73. The number of rotatable bonds is 5. The summed E-state index contributed by atoms with van der Waals surface area (Å²) in [6, 6.07) is 8.29. The smallest absolute Gasteiger partial charge is 0.357 e. The number of carbonyl (C=O) groups is 2. The standard InChI is InChI=1S/C21H20F3N7O2/c1-12-7-8-13(17(32)28-15-6-4-5-14(10-15)21(22,23)24)9-16(12)29-20(33)31(3)19-27-11-26-18(25-2)30-19/h4-11H,1-3H3,(H,28,32)(H,29,33)(H,25,26,27,30). The lowest BCUT2D eigenvalue weighted by Crippen LogP contribution is -2.33. The van der Waals surface area contributed by atoms with Crippen LogP contribution in [0.3, 0.4) is 0 Å². The van der Waals surface area contributed by atoms with Crippen molar-refractivity contribution in [3.8, 4) is 0 Å². The summed E-state index contributed by atoms with van der Waals surface area (Å²) in [5.41, 5.74) is 0.273. The van der Waals surface area contributed by atoms with Gasteiger partial charge in [-0.15, -0.1) is 0 Å². The molecule has 0 aliphatic heterocycles. The topological polar surface area (TPSA) is 112 Å². The first-order valence-electron chi connectivity index (χ1n) is 9.59. The van der Waals surface area contributed by atoms with E-state index in [2.05, 4.69) is 30.9 Å². The predicted octanol–water partition coefficient (Wildman–Crippen LogP) is 4.16. The highest BCUT2D eigenvalue weighted by Gasteiger charge is 2.30. The Balaban J connectivity index is 1.76. The fraction of sp³-hybridized carbons (Fsp3) is 0.190. The first-order valence-corrected chi connectivity index (χ1v) is 9.59. The maximum atomic E-state index is 12.9. The number of aromatic nitrogens is 3. The van der Waals surface area contributed by atoms with Crippen molar-refractivity contribution >= 4 is 35.2 Å². The number of alkyl halides is 3. The molecule has 172 valence electrons. The van der Waals surface area contributed by atoms with Crippen LogP contribution >= 0.6 is 0 Å². The summed E-state index contributed by atoms with van der Waals surface area (Å²) in [4.78, 5) is 38.3. The van der Waals surface area contributed by atoms with Gasteiger partial charge in [0, 0.05) is 31.0 Å². The van der Waals surface area contributed by atoms with Gasteiger partial charge >= 0.3 is 12.2 Å². The zero-order chi connectivity index (χ0) is 24.2. The fourth-order valence-corrected chi connectivity index (χ4v) is 2.73. The van der Waals surface area contributed by atoms with Crippen molar-refractivity contribution in [3.63, 3.8) is 0 Å². The molecule has 3 amide bonds. The Morgan fingerprint density at radius 2 is 1.79 bits per heavy atom. The lowest BCUT2D eigenvalue weighted by Gasteiger charge is -2.17. The van der Waals surface area contributed by atoms with E-state index < -0.39 is 23.7 Å². The third-order valence-electron chi connectivity index (χ3n) is 4.58. The Hall–Kier alpha value is -4.22. The van der Waals surface area contributed by atoms with Crippen molar-refractivity contribution in [1.82, 2.24) is 15.0 Å². The highest BCUT2D eigenvalue weighted by molar-refractivity contribution is 6.06. The van der Waals surface area contributed by atoms with Crippen LogP contribution in [0.2, 0.25) is 0 Å². The second kappa shape index (κ2) is 9.51. The van der Waals surface area contributed by atoms with Gasteiger partial charge in [0.15, 0.2) is 0 Å². The van der Waals surface area contributed by atoms with Gasteiger partial charge in [-0.3, -0.25) is 9.69 Å². The molecule has 33 heavy (non-hydrogen) atoms. The lowest BCUT2D eigenvalue weighted by atomic mass is 10.1. The first kappa shape index (κ1) is 23.4. The van der Waals surface area contributed by atoms with Gasteiger partial charge in [0.1, 0.15) is 6.33 Å². The van der Waals surface area contributed by atoms with Crippen molar-refractivity contribution in [2.45, 2.75) is 13.1 Å². The van der Waals surface area contributed by atoms with Crippen molar-refractivity contribution in [1.29, 1.82) is 0 Å². The van der Waals surface area contributed by atoms with E-state index in [0.717, 1.165) is 17.0 Å². The number of nitrogens with zero attached hydrogens (tertiary/aromatic N) is 4. The van der Waals surface area contributed by atoms with E-state index in [1.165, 1.54) is 37.6 Å². The minimum Gasteiger partial charge on any atom is -0.357 e. The SMILES string of the molecule is CNc1ncnc(N(C)C(=O)Nc2cc(C(=O)Nc3cccc(C(F)(F)F)c3)ccc2C)n1. The summed E-state index contributed by atoms with van der Waals surface area (Å²) in [5, 5.41) is 7.85. The molecule has 0 fully saturated rings. The van der Waals surface area contributed by atoms with Crippen molar-refractivity contribution in [3.05, 3.63) is 65.5 Å². The number of anilines is 4. The molecule has 9 nitrogen and oxygen atoms in total. The van der Waals surface area contributed by atoms with E-state index in [-0.39, 0.29) is 23.1 Å². The third kappa shape index (κ3) is 5.73. The molecule has 0 aliphatic carbocycles. The quantitative estimate of drug-likeness (QED) is 0.528. The predicted molar refractivity (Wildman–Crippen MR) is 117 cm³/mol. The summed E-state index contributed by atoms with van der Waals surface area (Å²) in [6.07, 6.45) is -3.28. The van der Waals surface area contributed by atoms with Crippen LogP contribution in [0.25, 0.3) is 0 Å². The molecule has 0 saturated carbocycles. The van der Waals surface area contributed by atoms with Crippen LogP contribution in [-0.4, -0.2) is 41.0 Å².